The minimum Gasteiger partial charge on any atom is -0.361 e. The first-order chi connectivity index (χ1) is 9.70. The fraction of sp³-hybridized carbons (Fsp3) is 0.125. The fourth-order valence-electron chi connectivity index (χ4n) is 2.59. The predicted octanol–water partition coefficient (Wildman–Crippen LogP) is 4.57. The average Bonchev–Trinajstić information content (AvgIpc) is 2.86. The molecule has 20 heavy (non-hydrogen) atoms. The van der Waals surface area contributed by atoms with E-state index in [4.69, 9.17) is 28.9 Å². The summed E-state index contributed by atoms with van der Waals surface area (Å²) in [5.74, 6) is 0.0518. The van der Waals surface area contributed by atoms with Crippen LogP contribution in [0.2, 0.25) is 10.0 Å². The highest BCUT2D eigenvalue weighted by Gasteiger charge is 2.19. The van der Waals surface area contributed by atoms with Crippen LogP contribution >= 0.6 is 23.2 Å². The number of halogens is 2. The Labute approximate surface area is 127 Å². The van der Waals surface area contributed by atoms with Gasteiger partial charge in [0.2, 0.25) is 0 Å². The summed E-state index contributed by atoms with van der Waals surface area (Å²) in [5, 5.41) is 2.46. The van der Waals surface area contributed by atoms with Crippen LogP contribution in [0.3, 0.4) is 0 Å². The molecule has 0 aliphatic heterocycles. The van der Waals surface area contributed by atoms with Crippen molar-refractivity contribution in [1.29, 1.82) is 0 Å². The van der Waals surface area contributed by atoms with Crippen LogP contribution < -0.4 is 5.73 Å². The Morgan fingerprint density at radius 2 is 1.85 bits per heavy atom. The van der Waals surface area contributed by atoms with E-state index < -0.39 is 0 Å². The molecular weight excluding hydrogens is 291 g/mol. The molecule has 0 saturated carbocycles. The summed E-state index contributed by atoms with van der Waals surface area (Å²) in [7, 11) is 0. The van der Waals surface area contributed by atoms with Crippen LogP contribution in [0.15, 0.2) is 48.7 Å². The molecule has 0 bridgehead atoms. The fourth-order valence-corrected chi connectivity index (χ4v) is 3.13. The number of hydrogen-bond acceptors (Lipinski definition) is 1. The SMILES string of the molecule is NC[C@H](c1ccc(Cl)cc1Cl)c1c[nH]c2ccccc12. The van der Waals surface area contributed by atoms with Crippen LogP contribution in [-0.2, 0) is 0 Å². The predicted molar refractivity (Wildman–Crippen MR) is 85.7 cm³/mol. The minimum absolute atomic E-state index is 0.0518. The number of para-hydroxylation sites is 1. The lowest BCUT2D eigenvalue weighted by molar-refractivity contribution is 0.826. The first-order valence-corrected chi connectivity index (χ1v) is 7.17. The molecule has 102 valence electrons. The lowest BCUT2D eigenvalue weighted by atomic mass is 9.91. The number of H-pyrrole nitrogens is 1. The van der Waals surface area contributed by atoms with Crippen molar-refractivity contribution in [2.75, 3.05) is 6.54 Å². The third-order valence-corrected chi connectivity index (χ3v) is 4.13. The highest BCUT2D eigenvalue weighted by atomic mass is 35.5. The molecule has 0 unspecified atom stereocenters. The second-order valence-electron chi connectivity index (χ2n) is 4.74. The van der Waals surface area contributed by atoms with Gasteiger partial charge in [-0.15, -0.1) is 0 Å². The van der Waals surface area contributed by atoms with Crippen LogP contribution in [0.25, 0.3) is 10.9 Å². The Bertz CT molecular complexity index is 749. The van der Waals surface area contributed by atoms with Crippen molar-refractivity contribution in [2.24, 2.45) is 5.73 Å². The van der Waals surface area contributed by atoms with E-state index in [0.29, 0.717) is 16.6 Å². The average molecular weight is 305 g/mol. The van der Waals surface area contributed by atoms with E-state index in [-0.39, 0.29) is 5.92 Å². The number of aromatic nitrogens is 1. The van der Waals surface area contributed by atoms with Crippen molar-refractivity contribution in [3.8, 4) is 0 Å². The van der Waals surface area contributed by atoms with Crippen molar-refractivity contribution >= 4 is 34.1 Å². The molecule has 0 aliphatic rings. The summed E-state index contributed by atoms with van der Waals surface area (Å²) < 4.78 is 0. The number of nitrogens with one attached hydrogen (secondary N) is 1. The van der Waals surface area contributed by atoms with Gasteiger partial charge in [0.1, 0.15) is 0 Å². The lowest BCUT2D eigenvalue weighted by Gasteiger charge is -2.16. The maximum Gasteiger partial charge on any atom is 0.0459 e. The molecule has 3 rings (SSSR count). The molecule has 2 nitrogen and oxygen atoms in total. The van der Waals surface area contributed by atoms with E-state index in [0.717, 1.165) is 16.6 Å². The van der Waals surface area contributed by atoms with Crippen molar-refractivity contribution in [2.45, 2.75) is 5.92 Å². The second-order valence-corrected chi connectivity index (χ2v) is 5.59. The number of aromatic amines is 1. The Balaban J connectivity index is 2.14. The zero-order valence-electron chi connectivity index (χ0n) is 10.7. The van der Waals surface area contributed by atoms with E-state index in [1.807, 2.05) is 30.5 Å². The van der Waals surface area contributed by atoms with Gasteiger partial charge in [-0.25, -0.2) is 0 Å². The van der Waals surface area contributed by atoms with Gasteiger partial charge in [-0.1, -0.05) is 47.5 Å². The van der Waals surface area contributed by atoms with Gasteiger partial charge in [0.05, 0.1) is 0 Å². The second kappa shape index (κ2) is 5.49. The zero-order valence-corrected chi connectivity index (χ0v) is 12.2. The molecule has 0 saturated heterocycles. The van der Waals surface area contributed by atoms with Crippen molar-refractivity contribution in [1.82, 2.24) is 4.98 Å². The summed E-state index contributed by atoms with van der Waals surface area (Å²) in [6.45, 7) is 0.489. The van der Waals surface area contributed by atoms with Gasteiger partial charge in [0, 0.05) is 39.6 Å². The number of nitrogens with two attached hydrogens (primary N) is 1. The molecule has 1 aromatic heterocycles. The summed E-state index contributed by atoms with van der Waals surface area (Å²) in [6.07, 6.45) is 2.01. The quantitative estimate of drug-likeness (QED) is 0.731. The third-order valence-electron chi connectivity index (χ3n) is 3.57. The molecular formula is C16H14Cl2N2. The summed E-state index contributed by atoms with van der Waals surface area (Å²) in [6, 6.07) is 13.7. The highest BCUT2D eigenvalue weighted by molar-refractivity contribution is 6.35. The number of hydrogen-bond donors (Lipinski definition) is 2. The number of fused-ring (bicyclic) bond motifs is 1. The van der Waals surface area contributed by atoms with Crippen LogP contribution in [0.5, 0.6) is 0 Å². The molecule has 3 N–H and O–H groups in total. The van der Waals surface area contributed by atoms with E-state index in [1.54, 1.807) is 6.07 Å². The minimum atomic E-state index is 0.0518. The van der Waals surface area contributed by atoms with Crippen LogP contribution in [0, 0.1) is 0 Å². The Morgan fingerprint density at radius 3 is 2.60 bits per heavy atom. The van der Waals surface area contributed by atoms with Crippen LogP contribution in [0.1, 0.15) is 17.0 Å². The van der Waals surface area contributed by atoms with Gasteiger partial charge in [0.25, 0.3) is 0 Å². The maximum absolute atomic E-state index is 6.32. The number of rotatable bonds is 3. The standard InChI is InChI=1S/C16H14Cl2N2/c17-10-5-6-11(15(18)7-10)13(8-19)14-9-20-16-4-2-1-3-12(14)16/h1-7,9,13,20H,8,19H2/t13-/m1/s1. The van der Waals surface area contributed by atoms with E-state index >= 15 is 0 Å². The molecule has 0 spiro atoms. The molecule has 4 heteroatoms. The first-order valence-electron chi connectivity index (χ1n) is 6.41. The molecule has 0 aliphatic carbocycles. The first kappa shape index (κ1) is 13.5. The van der Waals surface area contributed by atoms with Crippen molar-refractivity contribution in [3.63, 3.8) is 0 Å². The van der Waals surface area contributed by atoms with Gasteiger partial charge < -0.3 is 10.7 Å². The summed E-state index contributed by atoms with van der Waals surface area (Å²) in [4.78, 5) is 3.28. The molecule has 1 heterocycles. The van der Waals surface area contributed by atoms with Gasteiger partial charge in [-0.05, 0) is 29.3 Å². The smallest absolute Gasteiger partial charge is 0.0459 e. The molecule has 1 atom stereocenters. The molecule has 2 aromatic carbocycles. The monoisotopic (exact) mass is 304 g/mol. The highest BCUT2D eigenvalue weighted by Crippen LogP contribution is 2.34. The largest absolute Gasteiger partial charge is 0.361 e. The molecule has 0 fully saturated rings. The molecule has 0 amide bonds. The summed E-state index contributed by atoms with van der Waals surface area (Å²) in [5.41, 5.74) is 9.25. The van der Waals surface area contributed by atoms with Gasteiger partial charge >= 0.3 is 0 Å². The van der Waals surface area contributed by atoms with Gasteiger partial charge in [-0.2, -0.15) is 0 Å². The summed E-state index contributed by atoms with van der Waals surface area (Å²) >= 11 is 12.3. The van der Waals surface area contributed by atoms with Crippen LogP contribution in [-0.4, -0.2) is 11.5 Å². The Kier molecular flexibility index (Phi) is 3.70. The van der Waals surface area contributed by atoms with Crippen molar-refractivity contribution in [3.05, 3.63) is 69.8 Å². The van der Waals surface area contributed by atoms with E-state index in [1.165, 1.54) is 5.39 Å². The van der Waals surface area contributed by atoms with E-state index in [9.17, 15) is 0 Å². The van der Waals surface area contributed by atoms with E-state index in [2.05, 4.69) is 17.1 Å². The zero-order chi connectivity index (χ0) is 14.1. The third kappa shape index (κ3) is 2.31. The Morgan fingerprint density at radius 1 is 1.05 bits per heavy atom. The lowest BCUT2D eigenvalue weighted by Crippen LogP contribution is -2.14. The van der Waals surface area contributed by atoms with Gasteiger partial charge in [-0.3, -0.25) is 0 Å². The van der Waals surface area contributed by atoms with Gasteiger partial charge in [0.15, 0.2) is 0 Å². The van der Waals surface area contributed by atoms with Crippen LogP contribution in [0.4, 0.5) is 0 Å². The number of benzene rings is 2. The molecule has 3 aromatic rings. The Hall–Kier alpha value is -1.48. The normalized spacial score (nSPS) is 12.8. The topological polar surface area (TPSA) is 41.8 Å². The molecule has 0 radical (unpaired) electrons. The van der Waals surface area contributed by atoms with Crippen molar-refractivity contribution < 1.29 is 0 Å². The maximum atomic E-state index is 6.32.